The third kappa shape index (κ3) is 3.93. The van der Waals surface area contributed by atoms with Crippen LogP contribution >= 0.6 is 15.9 Å². The van der Waals surface area contributed by atoms with E-state index < -0.39 is 0 Å². The van der Waals surface area contributed by atoms with Gasteiger partial charge < -0.3 is 0 Å². The minimum Gasteiger partial charge on any atom is -0.270 e. The lowest BCUT2D eigenvalue weighted by Crippen LogP contribution is -2.21. The van der Waals surface area contributed by atoms with Gasteiger partial charge in [-0.3, -0.25) is 4.68 Å². The summed E-state index contributed by atoms with van der Waals surface area (Å²) in [5.41, 5.74) is 1.69. The average molecular weight is 287 g/mol. The largest absolute Gasteiger partial charge is 0.270 e. The SMILES string of the molecule is CCCn1nccc1CCC(Br)C(C)(C)C. The first-order valence-corrected chi connectivity index (χ1v) is 7.01. The predicted octanol–water partition coefficient (Wildman–Crippen LogP) is 4.04. The zero-order valence-corrected chi connectivity index (χ0v) is 12.4. The fourth-order valence-electron chi connectivity index (χ4n) is 1.69. The Morgan fingerprint density at radius 1 is 1.44 bits per heavy atom. The summed E-state index contributed by atoms with van der Waals surface area (Å²) in [4.78, 5) is 0.560. The van der Waals surface area contributed by atoms with Crippen molar-refractivity contribution in [3.8, 4) is 0 Å². The van der Waals surface area contributed by atoms with E-state index in [0.717, 1.165) is 19.4 Å². The van der Waals surface area contributed by atoms with Gasteiger partial charge >= 0.3 is 0 Å². The highest BCUT2D eigenvalue weighted by molar-refractivity contribution is 9.09. The molecule has 1 aromatic heterocycles. The van der Waals surface area contributed by atoms with Gasteiger partial charge in [-0.05, 0) is 30.7 Å². The van der Waals surface area contributed by atoms with Crippen LogP contribution in [0.2, 0.25) is 0 Å². The number of halogens is 1. The standard InChI is InChI=1S/C13H23BrN2/c1-5-10-16-11(8-9-15-16)6-7-12(14)13(2,3)4/h8-9,12H,5-7,10H2,1-4H3. The molecule has 0 amide bonds. The zero-order valence-electron chi connectivity index (χ0n) is 10.8. The van der Waals surface area contributed by atoms with Gasteiger partial charge in [0.2, 0.25) is 0 Å². The molecule has 1 aromatic rings. The zero-order chi connectivity index (χ0) is 12.2. The number of aryl methyl sites for hydroxylation is 2. The number of nitrogens with zero attached hydrogens (tertiary/aromatic N) is 2. The molecule has 0 aliphatic heterocycles. The molecule has 1 heterocycles. The van der Waals surface area contributed by atoms with Gasteiger partial charge in [0.1, 0.15) is 0 Å². The molecule has 0 aliphatic carbocycles. The van der Waals surface area contributed by atoms with Gasteiger partial charge in [-0.25, -0.2) is 0 Å². The molecule has 1 unspecified atom stereocenters. The quantitative estimate of drug-likeness (QED) is 0.747. The molecular weight excluding hydrogens is 264 g/mol. The second kappa shape index (κ2) is 5.85. The van der Waals surface area contributed by atoms with Gasteiger partial charge in [0.05, 0.1) is 0 Å². The molecule has 0 saturated heterocycles. The van der Waals surface area contributed by atoms with Crippen molar-refractivity contribution in [3.63, 3.8) is 0 Å². The molecule has 0 aromatic carbocycles. The topological polar surface area (TPSA) is 17.8 Å². The molecule has 0 fully saturated rings. The monoisotopic (exact) mass is 286 g/mol. The summed E-state index contributed by atoms with van der Waals surface area (Å²) in [6.45, 7) is 10.0. The van der Waals surface area contributed by atoms with Crippen LogP contribution in [-0.4, -0.2) is 14.6 Å². The maximum atomic E-state index is 4.35. The van der Waals surface area contributed by atoms with E-state index in [1.165, 1.54) is 12.1 Å². The second-order valence-electron chi connectivity index (χ2n) is 5.42. The molecule has 16 heavy (non-hydrogen) atoms. The van der Waals surface area contributed by atoms with Gasteiger partial charge in [0.25, 0.3) is 0 Å². The second-order valence-corrected chi connectivity index (χ2v) is 6.52. The van der Waals surface area contributed by atoms with Crippen molar-refractivity contribution >= 4 is 15.9 Å². The van der Waals surface area contributed by atoms with Crippen LogP contribution in [-0.2, 0) is 13.0 Å². The van der Waals surface area contributed by atoms with E-state index in [-0.39, 0.29) is 0 Å². The van der Waals surface area contributed by atoms with Gasteiger partial charge in [-0.15, -0.1) is 0 Å². The summed E-state index contributed by atoms with van der Waals surface area (Å²) in [6, 6.07) is 2.14. The molecule has 0 aliphatic rings. The Kier molecular flexibility index (Phi) is 5.03. The highest BCUT2D eigenvalue weighted by Gasteiger charge is 2.21. The fourth-order valence-corrected chi connectivity index (χ4v) is 1.92. The average Bonchev–Trinajstić information content (AvgIpc) is 2.61. The molecule has 92 valence electrons. The first-order valence-electron chi connectivity index (χ1n) is 6.10. The van der Waals surface area contributed by atoms with E-state index >= 15 is 0 Å². The maximum absolute atomic E-state index is 4.35. The lowest BCUT2D eigenvalue weighted by atomic mass is 9.89. The Balaban J connectivity index is 2.51. The number of alkyl halides is 1. The van der Waals surface area contributed by atoms with Gasteiger partial charge in [-0.2, -0.15) is 5.10 Å². The van der Waals surface area contributed by atoms with Crippen molar-refractivity contribution in [1.82, 2.24) is 9.78 Å². The molecule has 2 nitrogen and oxygen atoms in total. The van der Waals surface area contributed by atoms with Crippen LogP contribution in [0.3, 0.4) is 0 Å². The van der Waals surface area contributed by atoms with Gasteiger partial charge in [0.15, 0.2) is 0 Å². The van der Waals surface area contributed by atoms with E-state index in [4.69, 9.17) is 0 Å². The third-order valence-corrected chi connectivity index (χ3v) is 4.66. The van der Waals surface area contributed by atoms with Crippen LogP contribution in [0.1, 0.15) is 46.2 Å². The third-order valence-electron chi connectivity index (χ3n) is 2.83. The molecule has 3 heteroatoms. The molecule has 0 bridgehead atoms. The summed E-state index contributed by atoms with van der Waals surface area (Å²) in [6.07, 6.45) is 5.32. The van der Waals surface area contributed by atoms with Crippen LogP contribution < -0.4 is 0 Å². The number of aromatic nitrogens is 2. The summed E-state index contributed by atoms with van der Waals surface area (Å²) < 4.78 is 2.13. The molecule has 1 rings (SSSR count). The number of hydrogen-bond donors (Lipinski definition) is 0. The van der Waals surface area contributed by atoms with Crippen molar-refractivity contribution in [2.75, 3.05) is 0 Å². The molecular formula is C13H23BrN2. The van der Waals surface area contributed by atoms with E-state index in [1.54, 1.807) is 0 Å². The van der Waals surface area contributed by atoms with Crippen LogP contribution in [0.5, 0.6) is 0 Å². The molecule has 0 radical (unpaired) electrons. The normalized spacial score (nSPS) is 14.1. The maximum Gasteiger partial charge on any atom is 0.0492 e. The first-order chi connectivity index (χ1) is 7.45. The van der Waals surface area contributed by atoms with Crippen molar-refractivity contribution < 1.29 is 0 Å². The molecule has 1 atom stereocenters. The molecule has 0 saturated carbocycles. The first kappa shape index (κ1) is 13.8. The van der Waals surface area contributed by atoms with Gasteiger partial charge in [-0.1, -0.05) is 43.6 Å². The Hall–Kier alpha value is -0.310. The Bertz CT molecular complexity index is 312. The highest BCUT2D eigenvalue weighted by Crippen LogP contribution is 2.29. The summed E-state index contributed by atoms with van der Waals surface area (Å²) in [5.74, 6) is 0. The summed E-state index contributed by atoms with van der Waals surface area (Å²) in [5, 5.41) is 4.35. The van der Waals surface area contributed by atoms with Crippen molar-refractivity contribution in [1.29, 1.82) is 0 Å². The van der Waals surface area contributed by atoms with Crippen molar-refractivity contribution in [2.24, 2.45) is 5.41 Å². The van der Waals surface area contributed by atoms with Crippen LogP contribution in [0, 0.1) is 5.41 Å². The van der Waals surface area contributed by atoms with Crippen molar-refractivity contribution in [2.45, 2.75) is 58.3 Å². The molecule has 0 N–H and O–H groups in total. The fraction of sp³-hybridized carbons (Fsp3) is 0.769. The Morgan fingerprint density at radius 2 is 2.12 bits per heavy atom. The Labute approximate surface area is 108 Å². The van der Waals surface area contributed by atoms with E-state index in [2.05, 4.69) is 59.5 Å². The van der Waals surface area contributed by atoms with Crippen LogP contribution in [0.15, 0.2) is 12.3 Å². The smallest absolute Gasteiger partial charge is 0.0492 e. The predicted molar refractivity (Wildman–Crippen MR) is 73.0 cm³/mol. The highest BCUT2D eigenvalue weighted by atomic mass is 79.9. The van der Waals surface area contributed by atoms with Gasteiger partial charge in [0, 0.05) is 23.3 Å². The van der Waals surface area contributed by atoms with E-state index in [1.807, 2.05) is 6.20 Å². The minimum atomic E-state index is 0.329. The lowest BCUT2D eigenvalue weighted by molar-refractivity contribution is 0.383. The van der Waals surface area contributed by atoms with Crippen LogP contribution in [0.25, 0.3) is 0 Å². The number of rotatable bonds is 5. The van der Waals surface area contributed by atoms with E-state index in [9.17, 15) is 0 Å². The van der Waals surface area contributed by atoms with Crippen molar-refractivity contribution in [3.05, 3.63) is 18.0 Å². The summed E-state index contributed by atoms with van der Waals surface area (Å²) in [7, 11) is 0. The lowest BCUT2D eigenvalue weighted by Gasteiger charge is -2.25. The van der Waals surface area contributed by atoms with Crippen LogP contribution in [0.4, 0.5) is 0 Å². The minimum absolute atomic E-state index is 0.329. The Morgan fingerprint density at radius 3 is 2.69 bits per heavy atom. The summed E-state index contributed by atoms with van der Waals surface area (Å²) >= 11 is 3.78. The number of hydrogen-bond acceptors (Lipinski definition) is 1. The molecule has 0 spiro atoms. The van der Waals surface area contributed by atoms with E-state index in [0.29, 0.717) is 10.2 Å².